The molecule has 0 spiro atoms. The van der Waals surface area contributed by atoms with Gasteiger partial charge < -0.3 is 10.0 Å². The zero-order chi connectivity index (χ0) is 14.1. The molecule has 0 saturated heterocycles. The largest absolute Gasteiger partial charge is 0.477 e. The Morgan fingerprint density at radius 1 is 1.25 bits per heavy atom. The average molecular weight is 269 g/mol. The van der Waals surface area contributed by atoms with Crippen molar-refractivity contribution in [1.29, 1.82) is 0 Å². The molecule has 3 rings (SSSR count). The van der Waals surface area contributed by atoms with E-state index in [2.05, 4.69) is 22.1 Å². The van der Waals surface area contributed by atoms with Crippen LogP contribution in [0.2, 0.25) is 0 Å². The summed E-state index contributed by atoms with van der Waals surface area (Å²) in [5.41, 5.74) is 3.31. The Hall–Kier alpha value is -2.43. The topological polar surface area (TPSA) is 66.3 Å². The third-order valence-electron chi connectivity index (χ3n) is 3.48. The molecule has 0 bridgehead atoms. The van der Waals surface area contributed by atoms with Gasteiger partial charge in [0.05, 0.1) is 0 Å². The molecule has 0 fully saturated rings. The fraction of sp³-hybridized carbons (Fsp3) is 0.267. The van der Waals surface area contributed by atoms with Gasteiger partial charge in [0.15, 0.2) is 5.69 Å². The van der Waals surface area contributed by atoms with Crippen molar-refractivity contribution in [2.24, 2.45) is 0 Å². The first-order valence-corrected chi connectivity index (χ1v) is 6.54. The van der Waals surface area contributed by atoms with Crippen LogP contribution in [0.4, 0.5) is 5.95 Å². The van der Waals surface area contributed by atoms with Gasteiger partial charge in [0, 0.05) is 18.8 Å². The SMILES string of the molecule is Cc1cc(C(=O)O)nc(N2CCc3ccccc3C2)n1. The van der Waals surface area contributed by atoms with Crippen molar-refractivity contribution in [3.63, 3.8) is 0 Å². The third kappa shape index (κ3) is 2.34. The molecule has 2 heterocycles. The Morgan fingerprint density at radius 2 is 2.00 bits per heavy atom. The number of nitrogens with zero attached hydrogens (tertiary/aromatic N) is 3. The Bertz CT molecular complexity index is 670. The van der Waals surface area contributed by atoms with E-state index in [0.717, 1.165) is 19.5 Å². The average Bonchev–Trinajstić information content (AvgIpc) is 2.46. The number of carboxylic acids is 1. The molecule has 5 heteroatoms. The van der Waals surface area contributed by atoms with Crippen LogP contribution in [0, 0.1) is 6.92 Å². The maximum absolute atomic E-state index is 11.1. The van der Waals surface area contributed by atoms with Crippen LogP contribution < -0.4 is 4.90 Å². The smallest absolute Gasteiger partial charge is 0.354 e. The summed E-state index contributed by atoms with van der Waals surface area (Å²) in [6.45, 7) is 3.31. The molecule has 5 nitrogen and oxygen atoms in total. The summed E-state index contributed by atoms with van der Waals surface area (Å²) in [6.07, 6.45) is 0.926. The van der Waals surface area contributed by atoms with Crippen LogP contribution in [-0.2, 0) is 13.0 Å². The summed E-state index contributed by atoms with van der Waals surface area (Å²) in [6, 6.07) is 9.77. The summed E-state index contributed by atoms with van der Waals surface area (Å²) >= 11 is 0. The fourth-order valence-corrected chi connectivity index (χ4v) is 2.47. The van der Waals surface area contributed by atoms with E-state index < -0.39 is 5.97 Å². The molecule has 2 aromatic rings. The highest BCUT2D eigenvalue weighted by molar-refractivity contribution is 5.85. The Labute approximate surface area is 116 Å². The van der Waals surface area contributed by atoms with E-state index in [9.17, 15) is 4.79 Å². The summed E-state index contributed by atoms with van der Waals surface area (Å²) < 4.78 is 0. The first-order chi connectivity index (χ1) is 9.63. The standard InChI is InChI=1S/C15H15N3O2/c1-10-8-13(14(19)20)17-15(16-10)18-7-6-11-4-2-3-5-12(11)9-18/h2-5,8H,6-7,9H2,1H3,(H,19,20). The molecule has 1 aliphatic heterocycles. The minimum Gasteiger partial charge on any atom is -0.477 e. The number of fused-ring (bicyclic) bond motifs is 1. The summed E-state index contributed by atoms with van der Waals surface area (Å²) in [5, 5.41) is 9.08. The molecule has 0 aliphatic carbocycles. The normalized spacial score (nSPS) is 13.9. The first-order valence-electron chi connectivity index (χ1n) is 6.54. The molecular weight excluding hydrogens is 254 g/mol. The number of carbonyl (C=O) groups is 1. The predicted molar refractivity (Wildman–Crippen MR) is 74.9 cm³/mol. The quantitative estimate of drug-likeness (QED) is 0.903. The Morgan fingerprint density at radius 3 is 2.75 bits per heavy atom. The van der Waals surface area contributed by atoms with Crippen molar-refractivity contribution in [2.45, 2.75) is 19.9 Å². The van der Waals surface area contributed by atoms with E-state index in [4.69, 9.17) is 5.11 Å². The molecular formula is C15H15N3O2. The summed E-state index contributed by atoms with van der Waals surface area (Å²) in [4.78, 5) is 21.6. The highest BCUT2D eigenvalue weighted by atomic mass is 16.4. The predicted octanol–water partition coefficient (Wildman–Crippen LogP) is 2.05. The van der Waals surface area contributed by atoms with Crippen LogP contribution >= 0.6 is 0 Å². The number of hydrogen-bond donors (Lipinski definition) is 1. The second-order valence-corrected chi connectivity index (χ2v) is 4.94. The maximum atomic E-state index is 11.1. The van der Waals surface area contributed by atoms with Gasteiger partial charge in [-0.05, 0) is 30.5 Å². The highest BCUT2D eigenvalue weighted by Gasteiger charge is 2.19. The van der Waals surface area contributed by atoms with Crippen molar-refractivity contribution in [3.05, 3.63) is 52.8 Å². The van der Waals surface area contributed by atoms with Crippen molar-refractivity contribution >= 4 is 11.9 Å². The molecule has 1 aromatic heterocycles. The minimum absolute atomic E-state index is 0.0476. The molecule has 0 unspecified atom stereocenters. The zero-order valence-electron chi connectivity index (χ0n) is 11.2. The lowest BCUT2D eigenvalue weighted by atomic mass is 10.0. The molecule has 0 atom stereocenters. The lowest BCUT2D eigenvalue weighted by Crippen LogP contribution is -2.32. The van der Waals surface area contributed by atoms with Crippen molar-refractivity contribution in [3.8, 4) is 0 Å². The van der Waals surface area contributed by atoms with Crippen LogP contribution in [0.5, 0.6) is 0 Å². The lowest BCUT2D eigenvalue weighted by Gasteiger charge is -2.29. The van der Waals surface area contributed by atoms with Gasteiger partial charge in [-0.3, -0.25) is 0 Å². The number of hydrogen-bond acceptors (Lipinski definition) is 4. The van der Waals surface area contributed by atoms with Gasteiger partial charge in [-0.1, -0.05) is 24.3 Å². The van der Waals surface area contributed by atoms with Gasteiger partial charge in [-0.2, -0.15) is 0 Å². The van der Waals surface area contributed by atoms with E-state index in [1.54, 1.807) is 6.92 Å². The number of anilines is 1. The molecule has 1 aromatic carbocycles. The molecule has 0 saturated carbocycles. The molecule has 20 heavy (non-hydrogen) atoms. The number of aromatic nitrogens is 2. The van der Waals surface area contributed by atoms with Crippen molar-refractivity contribution in [2.75, 3.05) is 11.4 Å². The van der Waals surface area contributed by atoms with Crippen LogP contribution in [0.3, 0.4) is 0 Å². The van der Waals surface area contributed by atoms with Gasteiger partial charge in [0.25, 0.3) is 0 Å². The number of aromatic carboxylic acids is 1. The van der Waals surface area contributed by atoms with Crippen LogP contribution in [-0.4, -0.2) is 27.6 Å². The van der Waals surface area contributed by atoms with Crippen LogP contribution in [0.25, 0.3) is 0 Å². The van der Waals surface area contributed by atoms with E-state index in [-0.39, 0.29) is 5.69 Å². The summed E-state index contributed by atoms with van der Waals surface area (Å²) in [5.74, 6) is -0.522. The minimum atomic E-state index is -1.02. The van der Waals surface area contributed by atoms with Gasteiger partial charge in [-0.15, -0.1) is 0 Å². The van der Waals surface area contributed by atoms with E-state index in [1.165, 1.54) is 17.2 Å². The number of carboxylic acid groups (broad SMARTS) is 1. The van der Waals surface area contributed by atoms with Gasteiger partial charge in [-0.25, -0.2) is 14.8 Å². The lowest BCUT2D eigenvalue weighted by molar-refractivity contribution is 0.0690. The molecule has 1 aliphatic rings. The fourth-order valence-electron chi connectivity index (χ4n) is 2.47. The monoisotopic (exact) mass is 269 g/mol. The Balaban J connectivity index is 1.93. The third-order valence-corrected chi connectivity index (χ3v) is 3.48. The molecule has 1 N–H and O–H groups in total. The van der Waals surface area contributed by atoms with Gasteiger partial charge in [0.1, 0.15) is 0 Å². The number of rotatable bonds is 2. The van der Waals surface area contributed by atoms with E-state index >= 15 is 0 Å². The zero-order valence-corrected chi connectivity index (χ0v) is 11.2. The van der Waals surface area contributed by atoms with Crippen LogP contribution in [0.1, 0.15) is 27.3 Å². The number of aryl methyl sites for hydroxylation is 1. The van der Waals surface area contributed by atoms with Gasteiger partial charge in [0.2, 0.25) is 5.95 Å². The number of benzene rings is 1. The Kier molecular flexibility index (Phi) is 3.10. The van der Waals surface area contributed by atoms with Crippen molar-refractivity contribution in [1.82, 2.24) is 9.97 Å². The first kappa shape index (κ1) is 12.6. The van der Waals surface area contributed by atoms with E-state index in [1.807, 2.05) is 17.0 Å². The molecule has 102 valence electrons. The summed E-state index contributed by atoms with van der Waals surface area (Å²) in [7, 11) is 0. The van der Waals surface area contributed by atoms with Crippen LogP contribution in [0.15, 0.2) is 30.3 Å². The second kappa shape index (κ2) is 4.92. The molecule has 0 amide bonds. The van der Waals surface area contributed by atoms with Gasteiger partial charge >= 0.3 is 5.97 Å². The van der Waals surface area contributed by atoms with E-state index in [0.29, 0.717) is 11.6 Å². The molecule has 0 radical (unpaired) electrons. The van der Waals surface area contributed by atoms with Crippen molar-refractivity contribution < 1.29 is 9.90 Å². The maximum Gasteiger partial charge on any atom is 0.354 e. The highest BCUT2D eigenvalue weighted by Crippen LogP contribution is 2.22. The second-order valence-electron chi connectivity index (χ2n) is 4.94.